The van der Waals surface area contributed by atoms with E-state index in [1.165, 1.54) is 0 Å². The second-order valence-electron chi connectivity index (χ2n) is 1.10. The van der Waals surface area contributed by atoms with Crippen molar-refractivity contribution in [2.45, 2.75) is 0 Å². The van der Waals surface area contributed by atoms with Gasteiger partial charge in [0, 0.05) is 0 Å². The summed E-state index contributed by atoms with van der Waals surface area (Å²) in [5.74, 6) is -2.38. The first-order valence-electron chi connectivity index (χ1n) is 2.20. The van der Waals surface area contributed by atoms with Crippen molar-refractivity contribution in [3.8, 4) is 0 Å². The standard InChI is InChI=1S/2C2H4O3.Al.3H/c2*3-1-2(4)5;;;;/h2*3H,1H2,(H,4,5);;;;. The monoisotopic (exact) mass is 182 g/mol. The molecule has 0 radical (unpaired) electrons. The molecule has 7 heteroatoms. The minimum Gasteiger partial charge on any atom is -0.480 e. The Morgan fingerprint density at radius 1 is 0.909 bits per heavy atom. The molecule has 0 aromatic carbocycles. The lowest BCUT2D eigenvalue weighted by Gasteiger charge is -1.72. The van der Waals surface area contributed by atoms with E-state index in [1.807, 2.05) is 0 Å². The van der Waals surface area contributed by atoms with Crippen LogP contribution < -0.4 is 0 Å². The van der Waals surface area contributed by atoms with Crippen molar-refractivity contribution in [3.63, 3.8) is 0 Å². The third kappa shape index (κ3) is 44.6. The van der Waals surface area contributed by atoms with Crippen LogP contribution in [-0.2, 0) is 9.59 Å². The summed E-state index contributed by atoms with van der Waals surface area (Å²) < 4.78 is 0. The highest BCUT2D eigenvalue weighted by atomic mass is 27.0. The van der Waals surface area contributed by atoms with Crippen LogP contribution in [0, 0.1) is 0 Å². The van der Waals surface area contributed by atoms with Crippen LogP contribution in [-0.4, -0.2) is 62.9 Å². The first-order chi connectivity index (χ1) is 4.54. The number of hydrogen-bond donors (Lipinski definition) is 4. The molecule has 66 valence electrons. The summed E-state index contributed by atoms with van der Waals surface area (Å²) in [4.78, 5) is 18.2. The molecule has 0 unspecified atom stereocenters. The lowest BCUT2D eigenvalue weighted by atomic mass is 10.8. The van der Waals surface area contributed by atoms with Crippen LogP contribution in [0.15, 0.2) is 0 Å². The molecule has 0 aliphatic heterocycles. The Morgan fingerprint density at radius 3 is 1.00 bits per heavy atom. The molecule has 0 amide bonds. The van der Waals surface area contributed by atoms with Crippen molar-refractivity contribution in [2.75, 3.05) is 13.2 Å². The minimum absolute atomic E-state index is 0. The van der Waals surface area contributed by atoms with Gasteiger partial charge in [0.05, 0.1) is 0 Å². The summed E-state index contributed by atoms with van der Waals surface area (Å²) in [6.45, 7) is -1.56. The molecule has 0 saturated heterocycles. The summed E-state index contributed by atoms with van der Waals surface area (Å²) in [5, 5.41) is 30.0. The van der Waals surface area contributed by atoms with Crippen LogP contribution in [0.1, 0.15) is 0 Å². The molecule has 0 rings (SSSR count). The molecule has 0 aliphatic rings. The van der Waals surface area contributed by atoms with Crippen LogP contribution in [0.25, 0.3) is 0 Å². The van der Waals surface area contributed by atoms with Crippen LogP contribution in [0.4, 0.5) is 0 Å². The van der Waals surface area contributed by atoms with Crippen molar-refractivity contribution >= 4 is 29.3 Å². The van der Waals surface area contributed by atoms with Gasteiger partial charge < -0.3 is 20.4 Å². The Balaban J connectivity index is -0.000000107. The van der Waals surface area contributed by atoms with Gasteiger partial charge >= 0.3 is 11.9 Å². The van der Waals surface area contributed by atoms with E-state index >= 15 is 0 Å². The molecule has 0 saturated carbocycles. The summed E-state index contributed by atoms with van der Waals surface area (Å²) in [6, 6.07) is 0. The first kappa shape index (κ1) is 16.8. The molecule has 0 fully saturated rings. The van der Waals surface area contributed by atoms with Crippen LogP contribution in [0.2, 0.25) is 0 Å². The van der Waals surface area contributed by atoms with Crippen LogP contribution in [0.3, 0.4) is 0 Å². The zero-order valence-corrected chi connectivity index (χ0v) is 5.02. The second kappa shape index (κ2) is 12.1. The molecule has 0 heterocycles. The number of hydrogen-bond acceptors (Lipinski definition) is 4. The van der Waals surface area contributed by atoms with Gasteiger partial charge in [-0.3, -0.25) is 0 Å². The van der Waals surface area contributed by atoms with Crippen molar-refractivity contribution in [3.05, 3.63) is 0 Å². The highest BCUT2D eigenvalue weighted by Gasteiger charge is 1.83. The van der Waals surface area contributed by atoms with Gasteiger partial charge in [-0.15, -0.1) is 0 Å². The Labute approximate surface area is 73.2 Å². The number of aliphatic hydroxyl groups excluding tert-OH is 2. The SMILES string of the molecule is O=C(O)CO.O=C(O)CO.[AlH3]. The van der Waals surface area contributed by atoms with E-state index in [9.17, 15) is 0 Å². The van der Waals surface area contributed by atoms with E-state index < -0.39 is 25.2 Å². The van der Waals surface area contributed by atoms with E-state index in [-0.39, 0.29) is 17.4 Å². The molecule has 0 aliphatic carbocycles. The summed E-state index contributed by atoms with van der Waals surface area (Å²) in [6.07, 6.45) is 0. The quantitative estimate of drug-likeness (QED) is 0.337. The molecule has 0 atom stereocenters. The molecule has 0 aromatic rings. The topological polar surface area (TPSA) is 115 Å². The summed E-state index contributed by atoms with van der Waals surface area (Å²) in [5.41, 5.74) is 0. The van der Waals surface area contributed by atoms with Crippen molar-refractivity contribution in [1.82, 2.24) is 0 Å². The Bertz CT molecular complexity index is 99.1. The number of aliphatic hydroxyl groups is 2. The number of carbonyl (C=O) groups is 2. The molecule has 11 heavy (non-hydrogen) atoms. The highest BCUT2D eigenvalue weighted by molar-refractivity contribution is 5.75. The Hall–Kier alpha value is -0.608. The number of aliphatic carboxylic acids is 2. The van der Waals surface area contributed by atoms with Gasteiger partial charge in [0.15, 0.2) is 17.4 Å². The van der Waals surface area contributed by atoms with Gasteiger partial charge in [0.25, 0.3) is 0 Å². The minimum atomic E-state index is -1.19. The van der Waals surface area contributed by atoms with Gasteiger partial charge in [-0.1, -0.05) is 0 Å². The van der Waals surface area contributed by atoms with E-state index in [1.54, 1.807) is 0 Å². The van der Waals surface area contributed by atoms with Crippen molar-refractivity contribution in [2.24, 2.45) is 0 Å². The van der Waals surface area contributed by atoms with E-state index in [0.717, 1.165) is 0 Å². The van der Waals surface area contributed by atoms with E-state index in [4.69, 9.17) is 30.0 Å². The lowest BCUT2D eigenvalue weighted by Crippen LogP contribution is -1.98. The van der Waals surface area contributed by atoms with Crippen LogP contribution in [0.5, 0.6) is 0 Å². The molecule has 0 spiro atoms. The predicted molar refractivity (Wildman–Crippen MR) is 39.4 cm³/mol. The Morgan fingerprint density at radius 2 is 1.00 bits per heavy atom. The van der Waals surface area contributed by atoms with Crippen LogP contribution >= 0.6 is 0 Å². The molecule has 0 bridgehead atoms. The number of carboxylic acids is 2. The third-order valence-electron chi connectivity index (χ3n) is 0.271. The third-order valence-corrected chi connectivity index (χ3v) is 0.271. The van der Waals surface area contributed by atoms with Crippen molar-refractivity contribution < 1.29 is 30.0 Å². The fraction of sp³-hybridized carbons (Fsp3) is 0.500. The molecule has 4 N–H and O–H groups in total. The second-order valence-corrected chi connectivity index (χ2v) is 1.10. The molecular weight excluding hydrogens is 171 g/mol. The van der Waals surface area contributed by atoms with Gasteiger partial charge in [-0.05, 0) is 0 Å². The number of carboxylic acid groups (broad SMARTS) is 2. The first-order valence-corrected chi connectivity index (χ1v) is 2.20. The lowest BCUT2D eigenvalue weighted by molar-refractivity contribution is -0.141. The maximum absolute atomic E-state index is 9.12. The Kier molecular flexibility index (Phi) is 18.5. The normalized spacial score (nSPS) is 6.73. The van der Waals surface area contributed by atoms with Gasteiger partial charge in [0.1, 0.15) is 13.2 Å². The fourth-order valence-electron chi connectivity index (χ4n) is 0. The largest absolute Gasteiger partial charge is 0.480 e. The van der Waals surface area contributed by atoms with E-state index in [0.29, 0.717) is 0 Å². The average Bonchev–Trinajstić information content (AvgIpc) is 1.89. The smallest absolute Gasteiger partial charge is 0.329 e. The predicted octanol–water partition coefficient (Wildman–Crippen LogP) is -3.06. The summed E-state index contributed by atoms with van der Waals surface area (Å²) >= 11 is 0. The van der Waals surface area contributed by atoms with Crippen molar-refractivity contribution in [1.29, 1.82) is 0 Å². The zero-order valence-electron chi connectivity index (χ0n) is 5.02. The summed E-state index contributed by atoms with van der Waals surface area (Å²) in [7, 11) is 0. The average molecular weight is 182 g/mol. The molecular formula is C4H11AlO6. The maximum Gasteiger partial charge on any atom is 0.329 e. The molecule has 0 aromatic heterocycles. The highest BCUT2D eigenvalue weighted by Crippen LogP contribution is 1.49. The van der Waals surface area contributed by atoms with Gasteiger partial charge in [-0.25, -0.2) is 9.59 Å². The maximum atomic E-state index is 9.12. The van der Waals surface area contributed by atoms with Gasteiger partial charge in [-0.2, -0.15) is 0 Å². The van der Waals surface area contributed by atoms with E-state index in [2.05, 4.69) is 0 Å². The zero-order chi connectivity index (χ0) is 8.57. The number of rotatable bonds is 2. The van der Waals surface area contributed by atoms with Gasteiger partial charge in [0.2, 0.25) is 0 Å². The molecule has 6 nitrogen and oxygen atoms in total. The fourth-order valence-corrected chi connectivity index (χ4v) is 0.